The Morgan fingerprint density at radius 2 is 0.856 bits per heavy atom. The van der Waals surface area contributed by atoms with E-state index in [-0.39, 0.29) is 42.1 Å². The molecule has 8 aromatic carbocycles. The predicted octanol–water partition coefficient (Wildman–Crippen LogP) is 19.9. The van der Waals surface area contributed by atoms with E-state index in [2.05, 4.69) is 197 Å². The fourth-order valence-electron chi connectivity index (χ4n) is 11.2. The molecule has 10 aromatic heterocycles. The van der Waals surface area contributed by atoms with Gasteiger partial charge < -0.3 is 19.1 Å². The molecule has 0 aliphatic heterocycles. The topological polar surface area (TPSA) is 113 Å². The number of rotatable bonds is 10. The van der Waals surface area contributed by atoms with Gasteiger partial charge in [0.2, 0.25) is 0 Å². The quantitative estimate of drug-likeness (QED) is 0.124. The SMILES string of the molecule is [Pt+2].[Pt+2].[c-]1c(-c2ccccn2)cc(-c2nccs2)cc1-n1c2[c-]c(-c3nc4ccc(-c5nccs5)cc4s3)ccc2c2ccccc21.[c-]1c(-c2ccccn2)cccc1-n1c2[c-]c(-c3nc4cc(-c5nccs5)ccc4s3)ccc2c2cc(-c3nccs3)ccc21. The molecular formula is C72H38N10Pt2S6. The first-order valence-corrected chi connectivity index (χ1v) is 33.0. The molecule has 0 unspecified atom stereocenters. The zero-order valence-corrected chi connectivity index (χ0v) is 55.9. The van der Waals surface area contributed by atoms with Crippen LogP contribution in [0.15, 0.2) is 229 Å². The van der Waals surface area contributed by atoms with Crippen LogP contribution in [0.4, 0.5) is 0 Å². The average molecular weight is 1630 g/mol. The maximum Gasteiger partial charge on any atom is 2.00 e. The van der Waals surface area contributed by atoms with Crippen molar-refractivity contribution in [1.82, 2.24) is 49.0 Å². The number of thiazole rings is 6. The fourth-order valence-corrected chi connectivity index (χ4v) is 15.7. The molecule has 90 heavy (non-hydrogen) atoms. The Bertz CT molecular complexity index is 5590. The molecule has 18 heteroatoms. The number of benzene rings is 8. The van der Waals surface area contributed by atoms with Crippen LogP contribution in [-0.2, 0) is 42.1 Å². The van der Waals surface area contributed by atoms with Crippen LogP contribution in [0.2, 0.25) is 0 Å². The number of hydrogen-bond acceptors (Lipinski definition) is 14. The van der Waals surface area contributed by atoms with Gasteiger partial charge in [-0.05, 0) is 105 Å². The first-order chi connectivity index (χ1) is 43.6. The molecule has 10 nitrogen and oxygen atoms in total. The second-order valence-electron chi connectivity index (χ2n) is 20.5. The second kappa shape index (κ2) is 24.6. The summed E-state index contributed by atoms with van der Waals surface area (Å²) in [5, 5.41) is 18.4. The Morgan fingerprint density at radius 1 is 0.311 bits per heavy atom. The molecule has 0 aliphatic rings. The van der Waals surface area contributed by atoms with E-state index in [1.807, 2.05) is 95.1 Å². The molecule has 0 radical (unpaired) electrons. The van der Waals surface area contributed by atoms with Crippen molar-refractivity contribution >= 4 is 132 Å². The summed E-state index contributed by atoms with van der Waals surface area (Å²) < 4.78 is 6.77. The van der Waals surface area contributed by atoms with Gasteiger partial charge in [0, 0.05) is 106 Å². The van der Waals surface area contributed by atoms with E-state index in [1.165, 1.54) is 0 Å². The normalized spacial score (nSPS) is 11.4. The largest absolute Gasteiger partial charge is 2.00 e. The van der Waals surface area contributed by atoms with E-state index in [4.69, 9.17) is 9.97 Å². The van der Waals surface area contributed by atoms with Gasteiger partial charge >= 0.3 is 42.1 Å². The van der Waals surface area contributed by atoms with Crippen molar-refractivity contribution in [3.63, 3.8) is 0 Å². The molecule has 0 atom stereocenters. The molecule has 0 spiro atoms. The number of nitrogens with zero attached hydrogens (tertiary/aromatic N) is 10. The van der Waals surface area contributed by atoms with Gasteiger partial charge in [0.25, 0.3) is 0 Å². The van der Waals surface area contributed by atoms with Crippen LogP contribution in [0, 0.1) is 24.3 Å². The van der Waals surface area contributed by atoms with Gasteiger partial charge in [-0.25, -0.2) is 19.9 Å². The maximum atomic E-state index is 5.05. The molecular weight excluding hydrogens is 1590 g/mol. The van der Waals surface area contributed by atoms with E-state index in [9.17, 15) is 0 Å². The molecule has 0 saturated heterocycles. The fraction of sp³-hybridized carbons (Fsp3) is 0. The summed E-state index contributed by atoms with van der Waals surface area (Å²) >= 11 is 9.91. The minimum absolute atomic E-state index is 0. The van der Waals surface area contributed by atoms with Crippen molar-refractivity contribution in [3.05, 3.63) is 253 Å². The monoisotopic (exact) mass is 1620 g/mol. The zero-order chi connectivity index (χ0) is 58.1. The summed E-state index contributed by atoms with van der Waals surface area (Å²) in [6.07, 6.45) is 11.0. The van der Waals surface area contributed by atoms with Gasteiger partial charge in [0.15, 0.2) is 0 Å². The summed E-state index contributed by atoms with van der Waals surface area (Å²) in [5.74, 6) is 0. The van der Waals surface area contributed by atoms with Crippen LogP contribution < -0.4 is 0 Å². The molecule has 432 valence electrons. The minimum Gasteiger partial charge on any atom is -0.346 e. The van der Waals surface area contributed by atoms with Gasteiger partial charge in [0.1, 0.15) is 20.0 Å². The molecule has 0 amide bonds. The van der Waals surface area contributed by atoms with Crippen molar-refractivity contribution in [2.75, 3.05) is 0 Å². The Labute approximate surface area is 567 Å². The van der Waals surface area contributed by atoms with E-state index in [1.54, 1.807) is 68.0 Å². The van der Waals surface area contributed by atoms with Crippen molar-refractivity contribution in [1.29, 1.82) is 0 Å². The number of fused-ring (bicyclic) bond motifs is 8. The summed E-state index contributed by atoms with van der Waals surface area (Å²) in [5.41, 5.74) is 17.8. The number of hydrogen-bond donors (Lipinski definition) is 0. The van der Waals surface area contributed by atoms with Gasteiger partial charge in [-0.15, -0.1) is 146 Å². The molecule has 0 N–H and O–H groups in total. The third-order valence-corrected chi connectivity index (χ3v) is 20.6. The van der Waals surface area contributed by atoms with Crippen LogP contribution in [0.25, 0.3) is 161 Å². The zero-order valence-electron chi connectivity index (χ0n) is 46.5. The van der Waals surface area contributed by atoms with Crippen molar-refractivity contribution < 1.29 is 42.1 Å². The number of aromatic nitrogens is 10. The summed E-state index contributed by atoms with van der Waals surface area (Å²) in [7, 11) is 0. The summed E-state index contributed by atoms with van der Waals surface area (Å²) in [6, 6.07) is 73.7. The molecule has 18 rings (SSSR count). The van der Waals surface area contributed by atoms with Crippen molar-refractivity contribution in [2.45, 2.75) is 0 Å². The van der Waals surface area contributed by atoms with Crippen molar-refractivity contribution in [3.8, 4) is 97.3 Å². The average Bonchev–Trinajstić information content (AvgIpc) is 1.61. The van der Waals surface area contributed by atoms with Gasteiger partial charge in [0.05, 0.1) is 11.0 Å². The molecule has 0 fully saturated rings. The van der Waals surface area contributed by atoms with E-state index in [0.717, 1.165) is 161 Å². The van der Waals surface area contributed by atoms with Crippen LogP contribution in [0.5, 0.6) is 0 Å². The van der Waals surface area contributed by atoms with Crippen LogP contribution in [0.3, 0.4) is 0 Å². The first-order valence-electron chi connectivity index (χ1n) is 27.9. The van der Waals surface area contributed by atoms with Gasteiger partial charge in [-0.2, -0.15) is 22.7 Å². The van der Waals surface area contributed by atoms with Gasteiger partial charge in [-0.1, -0.05) is 70.9 Å². The second-order valence-corrected chi connectivity index (χ2v) is 26.1. The van der Waals surface area contributed by atoms with Crippen LogP contribution >= 0.6 is 68.0 Å². The predicted molar refractivity (Wildman–Crippen MR) is 365 cm³/mol. The number of para-hydroxylation sites is 1. The van der Waals surface area contributed by atoms with E-state index >= 15 is 0 Å². The Kier molecular flexibility index (Phi) is 15.8. The standard InChI is InChI=1S/2C36H19N5S3.2Pt/c1-2-13-37-29(6-1)22-4-3-5-26(18-22)41-31-11-8-23(34-38-14-16-42-34)19-28(31)27-10-7-25(21-32(27)41)36-40-30-20-24(9-12-33(30)44-36)35-39-15-17-43-35;1-2-7-31-27(5-1)28-10-8-22(36-40-30-11-9-23(21-33(30)44-36)34-38-13-15-42-34)20-32(28)41(31)26-18-24(29-6-3-4-12-37-29)17-25(19-26)35-39-14-16-43-35;;/h1-17,19-20H;1-17,19,21H;;/q2*-2;2*+2. The Morgan fingerprint density at radius 3 is 1.51 bits per heavy atom. The smallest absolute Gasteiger partial charge is 0.346 e. The molecule has 0 saturated carbocycles. The van der Waals surface area contributed by atoms with E-state index < -0.39 is 0 Å². The number of pyridine rings is 2. The van der Waals surface area contributed by atoms with Crippen LogP contribution in [0.1, 0.15) is 0 Å². The van der Waals surface area contributed by atoms with E-state index in [0.29, 0.717) is 0 Å². The first kappa shape index (κ1) is 57.8. The minimum atomic E-state index is 0. The molecule has 0 bridgehead atoms. The molecule has 10 heterocycles. The summed E-state index contributed by atoms with van der Waals surface area (Å²) in [4.78, 5) is 37.4. The Balaban J connectivity index is 0.000000147. The third-order valence-electron chi connectivity index (χ3n) is 15.2. The molecule has 0 aliphatic carbocycles. The van der Waals surface area contributed by atoms with Crippen LogP contribution in [-0.4, -0.2) is 49.0 Å². The third kappa shape index (κ3) is 10.7. The molecule has 18 aromatic rings. The van der Waals surface area contributed by atoms with Crippen molar-refractivity contribution in [2.24, 2.45) is 0 Å². The van der Waals surface area contributed by atoms with Gasteiger partial charge in [-0.3, -0.25) is 9.97 Å². The Hall–Kier alpha value is -8.66. The maximum absolute atomic E-state index is 5.05. The summed E-state index contributed by atoms with van der Waals surface area (Å²) in [6.45, 7) is 0.